The number of pyridine rings is 1. The van der Waals surface area contributed by atoms with Crippen molar-refractivity contribution in [1.82, 2.24) is 20.1 Å². The first-order valence-electron chi connectivity index (χ1n) is 11.8. The fourth-order valence-corrected chi connectivity index (χ4v) is 4.83. The predicted octanol–water partition coefficient (Wildman–Crippen LogP) is 0.834. The number of hydrogen-bond donors (Lipinski definition) is 6. The summed E-state index contributed by atoms with van der Waals surface area (Å²) in [6.45, 7) is 0. The first kappa shape index (κ1) is 26.9. The number of anilines is 1. The third kappa shape index (κ3) is 5.15. The van der Waals surface area contributed by atoms with E-state index >= 15 is 4.39 Å². The summed E-state index contributed by atoms with van der Waals surface area (Å²) in [5.41, 5.74) is 3.04. The quantitative estimate of drug-likeness (QED) is 0.250. The van der Waals surface area contributed by atoms with Gasteiger partial charge in [0.15, 0.2) is 23.5 Å². The Kier molecular flexibility index (Phi) is 7.33. The lowest BCUT2D eigenvalue weighted by molar-refractivity contribution is -0.188. The predicted molar refractivity (Wildman–Crippen MR) is 126 cm³/mol. The molecule has 1 saturated carbocycles. The molecule has 2 aromatic rings. The van der Waals surface area contributed by atoms with Crippen LogP contribution in [0.5, 0.6) is 0 Å². The first-order chi connectivity index (χ1) is 17.9. The molecule has 1 amide bonds. The summed E-state index contributed by atoms with van der Waals surface area (Å²) in [6.07, 6.45) is 1.69. The third-order valence-corrected chi connectivity index (χ3v) is 6.65. The second-order valence-electron chi connectivity index (χ2n) is 9.43. The number of carboxylic acids is 3. The van der Waals surface area contributed by atoms with Gasteiger partial charge in [-0.15, -0.1) is 0 Å². The van der Waals surface area contributed by atoms with E-state index in [9.17, 15) is 34.5 Å². The molecule has 38 heavy (non-hydrogen) atoms. The standard InChI is InChI=1S/C23H27FN6O8/c1-30-9-10(8-26-30)18-16-15(17(24)19(28-18)27-12-5-3-2-4-11(12)25)21(29-20(16)35)38-23(22(36)37,6-13(31)32)7-14(33)34/h8-9,11-12,21H,2-7,25H2,1H3,(H,27,28)(H,29,35)(H,31,32)(H,33,34)(H,36,37)/t11-,12+,21?/m0/s1. The van der Waals surface area contributed by atoms with Crippen LogP contribution in [0.1, 0.15) is 60.7 Å². The van der Waals surface area contributed by atoms with Crippen LogP contribution < -0.4 is 16.4 Å². The maximum absolute atomic E-state index is 16.0. The van der Waals surface area contributed by atoms with Gasteiger partial charge in [-0.05, 0) is 12.8 Å². The zero-order chi connectivity index (χ0) is 27.8. The molecule has 1 aliphatic carbocycles. The highest BCUT2D eigenvalue weighted by atomic mass is 19.1. The van der Waals surface area contributed by atoms with Gasteiger partial charge in [0.05, 0.1) is 35.9 Å². The normalized spacial score (nSPS) is 21.0. The number of nitrogens with zero attached hydrogens (tertiary/aromatic N) is 3. The maximum atomic E-state index is 16.0. The largest absolute Gasteiger partial charge is 0.481 e. The molecule has 3 heterocycles. The molecular weight excluding hydrogens is 507 g/mol. The van der Waals surface area contributed by atoms with Gasteiger partial charge in [-0.1, -0.05) is 12.8 Å². The molecule has 7 N–H and O–H groups in total. The van der Waals surface area contributed by atoms with Crippen LogP contribution in [0.4, 0.5) is 10.2 Å². The lowest BCUT2D eigenvalue weighted by Crippen LogP contribution is -2.48. The highest BCUT2D eigenvalue weighted by molar-refractivity contribution is 6.04. The van der Waals surface area contributed by atoms with E-state index in [4.69, 9.17) is 10.5 Å². The number of halogens is 1. The van der Waals surface area contributed by atoms with E-state index in [1.807, 2.05) is 0 Å². The molecule has 15 heteroatoms. The summed E-state index contributed by atoms with van der Waals surface area (Å²) < 4.78 is 23.0. The Bertz CT molecular complexity index is 1280. The molecule has 204 valence electrons. The van der Waals surface area contributed by atoms with Crippen molar-refractivity contribution in [3.05, 3.63) is 29.3 Å². The van der Waals surface area contributed by atoms with E-state index in [0.717, 1.165) is 12.8 Å². The van der Waals surface area contributed by atoms with Crippen molar-refractivity contribution < 1.29 is 43.6 Å². The highest BCUT2D eigenvalue weighted by Gasteiger charge is 2.50. The Morgan fingerprint density at radius 1 is 1.24 bits per heavy atom. The number of hydrogen-bond acceptors (Lipinski definition) is 9. The Balaban J connectivity index is 1.85. The Hall–Kier alpha value is -4.11. The van der Waals surface area contributed by atoms with Crippen molar-refractivity contribution in [1.29, 1.82) is 0 Å². The molecule has 1 aliphatic heterocycles. The number of amides is 1. The highest BCUT2D eigenvalue weighted by Crippen LogP contribution is 2.41. The second-order valence-corrected chi connectivity index (χ2v) is 9.43. The number of carbonyl (C=O) groups is 4. The molecule has 0 aromatic carbocycles. The van der Waals surface area contributed by atoms with Gasteiger partial charge in [-0.3, -0.25) is 19.1 Å². The van der Waals surface area contributed by atoms with Crippen molar-refractivity contribution in [3.8, 4) is 11.3 Å². The van der Waals surface area contributed by atoms with Crippen LogP contribution in [0, 0.1) is 5.82 Å². The van der Waals surface area contributed by atoms with Gasteiger partial charge in [0.1, 0.15) is 0 Å². The van der Waals surface area contributed by atoms with E-state index in [1.54, 1.807) is 7.05 Å². The molecule has 0 bridgehead atoms. The number of ether oxygens (including phenoxy) is 1. The SMILES string of the molecule is Cn1cc(-c2nc(N[C@@H]3CCCC[C@@H]3N)c(F)c3c2C(=O)NC3OC(CC(=O)O)(CC(=O)O)C(=O)O)cn1. The number of aryl methyl sites for hydroxylation is 1. The van der Waals surface area contributed by atoms with Crippen molar-refractivity contribution in [2.45, 2.75) is 62.4 Å². The fraction of sp³-hybridized carbons (Fsp3) is 0.478. The molecule has 4 rings (SSSR count). The number of carboxylic acid groups (broad SMARTS) is 3. The maximum Gasteiger partial charge on any atom is 0.337 e. The van der Waals surface area contributed by atoms with Gasteiger partial charge in [-0.2, -0.15) is 5.10 Å². The lowest BCUT2D eigenvalue weighted by atomic mass is 9.91. The van der Waals surface area contributed by atoms with Crippen LogP contribution in [-0.2, 0) is 26.2 Å². The van der Waals surface area contributed by atoms with Crippen LogP contribution >= 0.6 is 0 Å². The average molecular weight is 535 g/mol. The van der Waals surface area contributed by atoms with Crippen LogP contribution in [-0.4, -0.2) is 71.6 Å². The smallest absolute Gasteiger partial charge is 0.337 e. The van der Waals surface area contributed by atoms with Gasteiger partial charge in [0.25, 0.3) is 5.91 Å². The number of aliphatic carboxylic acids is 3. The summed E-state index contributed by atoms with van der Waals surface area (Å²) in [6, 6.07) is -0.634. The minimum atomic E-state index is -2.82. The molecule has 3 atom stereocenters. The minimum Gasteiger partial charge on any atom is -0.481 e. The summed E-state index contributed by atoms with van der Waals surface area (Å²) >= 11 is 0. The summed E-state index contributed by atoms with van der Waals surface area (Å²) in [4.78, 5) is 52.4. The average Bonchev–Trinajstić information content (AvgIpc) is 3.39. The Morgan fingerprint density at radius 3 is 2.45 bits per heavy atom. The minimum absolute atomic E-state index is 0.0161. The molecule has 0 spiro atoms. The molecule has 1 unspecified atom stereocenters. The van der Waals surface area contributed by atoms with E-state index in [1.165, 1.54) is 17.1 Å². The fourth-order valence-electron chi connectivity index (χ4n) is 4.83. The molecular formula is C23H27FN6O8. The number of fused-ring (bicyclic) bond motifs is 1. The Labute approximate surface area is 215 Å². The van der Waals surface area contributed by atoms with Crippen molar-refractivity contribution in [3.63, 3.8) is 0 Å². The molecule has 1 fully saturated rings. The number of aromatic nitrogens is 3. The zero-order valence-electron chi connectivity index (χ0n) is 20.3. The lowest BCUT2D eigenvalue weighted by Gasteiger charge is -2.31. The van der Waals surface area contributed by atoms with E-state index < -0.39 is 59.9 Å². The molecule has 0 radical (unpaired) electrons. The number of nitrogens with two attached hydrogens (primary N) is 1. The van der Waals surface area contributed by atoms with Gasteiger partial charge >= 0.3 is 17.9 Å². The van der Waals surface area contributed by atoms with Crippen molar-refractivity contribution >= 4 is 29.6 Å². The zero-order valence-corrected chi connectivity index (χ0v) is 20.3. The van der Waals surface area contributed by atoms with E-state index in [2.05, 4.69) is 20.7 Å². The van der Waals surface area contributed by atoms with E-state index in [-0.39, 0.29) is 29.2 Å². The topological polar surface area (TPSA) is 219 Å². The molecule has 2 aliphatic rings. The molecule has 2 aromatic heterocycles. The first-order valence-corrected chi connectivity index (χ1v) is 11.8. The van der Waals surface area contributed by atoms with Crippen molar-refractivity contribution in [2.75, 3.05) is 5.32 Å². The summed E-state index contributed by atoms with van der Waals surface area (Å²) in [5, 5.41) is 37.7. The second kappa shape index (κ2) is 10.3. The monoisotopic (exact) mass is 534 g/mol. The van der Waals surface area contributed by atoms with Crippen LogP contribution in [0.2, 0.25) is 0 Å². The Morgan fingerprint density at radius 2 is 1.89 bits per heavy atom. The van der Waals surface area contributed by atoms with E-state index in [0.29, 0.717) is 18.4 Å². The van der Waals surface area contributed by atoms with Gasteiger partial charge in [0.2, 0.25) is 0 Å². The number of nitrogens with one attached hydrogen (secondary N) is 2. The van der Waals surface area contributed by atoms with Gasteiger partial charge < -0.3 is 36.4 Å². The van der Waals surface area contributed by atoms with Crippen LogP contribution in [0.15, 0.2) is 12.4 Å². The number of rotatable bonds is 10. The summed E-state index contributed by atoms with van der Waals surface area (Å²) in [5.74, 6) is -7.43. The number of carbonyl (C=O) groups excluding carboxylic acids is 1. The van der Waals surface area contributed by atoms with Gasteiger partial charge in [-0.25, -0.2) is 14.2 Å². The van der Waals surface area contributed by atoms with Crippen molar-refractivity contribution in [2.24, 2.45) is 12.8 Å². The summed E-state index contributed by atoms with van der Waals surface area (Å²) in [7, 11) is 1.62. The van der Waals surface area contributed by atoms with Gasteiger partial charge in [0, 0.05) is 30.9 Å². The van der Waals surface area contributed by atoms with Crippen LogP contribution in [0.25, 0.3) is 11.3 Å². The molecule has 14 nitrogen and oxygen atoms in total. The third-order valence-electron chi connectivity index (χ3n) is 6.65. The molecule has 0 saturated heterocycles. The van der Waals surface area contributed by atoms with Crippen LogP contribution in [0.3, 0.4) is 0 Å².